The molecule has 9 N–H and O–H groups in total. The summed E-state index contributed by atoms with van der Waals surface area (Å²) in [7, 11) is 1.66. The maximum Gasteiger partial charge on any atom is 0.133 e. The van der Waals surface area contributed by atoms with Gasteiger partial charge in [0.1, 0.15) is 17.5 Å². The average Bonchev–Trinajstić information content (AvgIpc) is 3.69. The number of fused-ring (bicyclic) bond motifs is 4. The molecule has 0 bridgehead atoms. The van der Waals surface area contributed by atoms with Gasteiger partial charge in [-0.3, -0.25) is 0 Å². The smallest absolute Gasteiger partial charge is 0.133 e. The predicted molar refractivity (Wildman–Crippen MR) is 192 cm³/mol. The number of halogens is 1. The van der Waals surface area contributed by atoms with Crippen molar-refractivity contribution in [2.24, 2.45) is 23.3 Å². The van der Waals surface area contributed by atoms with Crippen molar-refractivity contribution in [1.29, 1.82) is 0 Å². The molecule has 0 saturated carbocycles. The maximum atomic E-state index is 15.7. The van der Waals surface area contributed by atoms with Gasteiger partial charge in [0.05, 0.1) is 29.2 Å². The van der Waals surface area contributed by atoms with Crippen LogP contribution in [0.5, 0.6) is 0 Å². The van der Waals surface area contributed by atoms with Crippen LogP contribution in [0.1, 0.15) is 89.7 Å². The number of hydroxylamine groups is 2. The van der Waals surface area contributed by atoms with E-state index in [9.17, 15) is 5.21 Å². The van der Waals surface area contributed by atoms with Crippen molar-refractivity contribution in [2.75, 3.05) is 20.2 Å². The van der Waals surface area contributed by atoms with Gasteiger partial charge < -0.3 is 31.5 Å². The second kappa shape index (κ2) is 16.3. The number of hydrogen-bond acceptors (Lipinski definition) is 8. The topological polar surface area (TPSA) is 163 Å². The molecule has 4 atom stereocenters. The standard InChI is InChI=1S/C37H53FN8O2/c1-21(2)31(45-47)17-25(8-6-14-39)36-42-33-19-28(29(38)20-34(33)43-36)24-10-12-27-23(16-24)11-13-30-35(27)44-37(41-30)26(9-7-15-40)18-32(22(3)4)46-48-5/h10-13,16,19-22,25-26,31-32,45-47H,6-9,14-15,17-18,39-40H2,1-5H3,(H,41,44)(H,42,43)/t25?,26?,31-,32-/m1/s1. The predicted octanol–water partition coefficient (Wildman–Crippen LogP) is 7.00. The van der Waals surface area contributed by atoms with Crippen molar-refractivity contribution >= 4 is 32.8 Å². The molecule has 0 aliphatic rings. The Balaban J connectivity index is 1.47. The van der Waals surface area contributed by atoms with Crippen LogP contribution in [0.4, 0.5) is 4.39 Å². The second-order valence-electron chi connectivity index (χ2n) is 13.9. The zero-order valence-corrected chi connectivity index (χ0v) is 28.9. The molecule has 11 heteroatoms. The lowest BCUT2D eigenvalue weighted by Gasteiger charge is -2.25. The summed E-state index contributed by atoms with van der Waals surface area (Å²) in [6, 6.07) is 13.6. The van der Waals surface area contributed by atoms with Gasteiger partial charge in [-0.1, -0.05) is 45.9 Å². The molecule has 5 rings (SSSR count). The van der Waals surface area contributed by atoms with Crippen molar-refractivity contribution in [1.82, 2.24) is 30.9 Å². The fraction of sp³-hybridized carbons (Fsp3) is 0.514. The van der Waals surface area contributed by atoms with Crippen LogP contribution in [-0.2, 0) is 4.84 Å². The summed E-state index contributed by atoms with van der Waals surface area (Å²) in [4.78, 5) is 22.2. The molecule has 0 fully saturated rings. The molecule has 3 aromatic carbocycles. The Kier molecular flexibility index (Phi) is 12.2. The summed E-state index contributed by atoms with van der Waals surface area (Å²) in [6.45, 7) is 9.71. The zero-order chi connectivity index (χ0) is 34.4. The first kappa shape index (κ1) is 35.8. The first-order chi connectivity index (χ1) is 23.2. The van der Waals surface area contributed by atoms with Crippen molar-refractivity contribution in [3.05, 3.63) is 59.9 Å². The lowest BCUT2D eigenvalue weighted by molar-refractivity contribution is 0.0403. The lowest BCUT2D eigenvalue weighted by Crippen LogP contribution is -2.34. The Morgan fingerprint density at radius 1 is 0.833 bits per heavy atom. The molecule has 2 unspecified atom stereocenters. The quantitative estimate of drug-likeness (QED) is 0.0494. The Bertz CT molecular complexity index is 1780. The molecule has 0 aliphatic heterocycles. The van der Waals surface area contributed by atoms with Crippen molar-refractivity contribution < 1.29 is 14.4 Å². The third-order valence-electron chi connectivity index (χ3n) is 9.80. The van der Waals surface area contributed by atoms with Crippen LogP contribution in [0.25, 0.3) is 44.0 Å². The highest BCUT2D eigenvalue weighted by Crippen LogP contribution is 2.35. The Morgan fingerprint density at radius 2 is 1.48 bits per heavy atom. The van der Waals surface area contributed by atoms with E-state index in [2.05, 4.69) is 54.7 Å². The van der Waals surface area contributed by atoms with Gasteiger partial charge in [0.2, 0.25) is 0 Å². The van der Waals surface area contributed by atoms with Gasteiger partial charge in [-0.05, 0) is 92.6 Å². The Hall–Kier alpha value is -3.45. The zero-order valence-electron chi connectivity index (χ0n) is 28.9. The van der Waals surface area contributed by atoms with Crippen LogP contribution in [0.3, 0.4) is 0 Å². The normalized spacial score (nSPS) is 14.9. The summed E-state index contributed by atoms with van der Waals surface area (Å²) >= 11 is 0. The number of hydrogen-bond donors (Lipinski definition) is 7. The molecule has 2 heterocycles. The van der Waals surface area contributed by atoms with E-state index in [0.29, 0.717) is 36.5 Å². The van der Waals surface area contributed by atoms with E-state index in [0.717, 1.165) is 76.6 Å². The molecule has 0 saturated heterocycles. The van der Waals surface area contributed by atoms with Gasteiger partial charge >= 0.3 is 0 Å². The van der Waals surface area contributed by atoms with Crippen molar-refractivity contribution in [3.63, 3.8) is 0 Å². The summed E-state index contributed by atoms with van der Waals surface area (Å²) in [5.41, 5.74) is 21.9. The molecule has 0 amide bonds. The lowest BCUT2D eigenvalue weighted by atomic mass is 9.89. The van der Waals surface area contributed by atoms with E-state index < -0.39 is 0 Å². The summed E-state index contributed by atoms with van der Waals surface area (Å²) < 4.78 is 15.7. The van der Waals surface area contributed by atoms with E-state index in [-0.39, 0.29) is 35.7 Å². The number of nitrogens with zero attached hydrogens (tertiary/aromatic N) is 2. The average molecular weight is 661 g/mol. The highest BCUT2D eigenvalue weighted by atomic mass is 19.1. The number of rotatable bonds is 18. The molecule has 0 spiro atoms. The van der Waals surface area contributed by atoms with Gasteiger partial charge in [0, 0.05) is 40.9 Å². The number of aromatic nitrogens is 4. The molecule has 0 aliphatic carbocycles. The Labute approximate surface area is 282 Å². The minimum absolute atomic E-state index is 0.0456. The van der Waals surface area contributed by atoms with Gasteiger partial charge in [-0.15, -0.1) is 0 Å². The van der Waals surface area contributed by atoms with Gasteiger partial charge in [-0.25, -0.2) is 19.8 Å². The summed E-state index contributed by atoms with van der Waals surface area (Å²) in [5.74, 6) is 2.27. The number of nitrogens with two attached hydrogens (primary N) is 2. The molecular weight excluding hydrogens is 607 g/mol. The highest BCUT2D eigenvalue weighted by molar-refractivity contribution is 6.05. The van der Waals surface area contributed by atoms with Crippen molar-refractivity contribution in [2.45, 2.75) is 90.1 Å². The number of imidazole rings is 2. The first-order valence-corrected chi connectivity index (χ1v) is 17.4. The molecular formula is C37H53FN8O2. The SMILES string of the molecule is CON[C@H](CC(CCCN)c1nc2ccc3cc(-c4cc5[nH]c(C(CCCN)C[C@@H](NO)C(C)C)nc5cc4F)ccc3c2[nH]1)C(C)C. The molecule has 5 aromatic rings. The van der Waals surface area contributed by atoms with Crippen LogP contribution in [0.2, 0.25) is 0 Å². The maximum absolute atomic E-state index is 15.7. The van der Waals surface area contributed by atoms with E-state index >= 15 is 4.39 Å². The number of benzene rings is 3. The van der Waals surface area contributed by atoms with Gasteiger partial charge in [0.15, 0.2) is 0 Å². The fourth-order valence-electron chi connectivity index (χ4n) is 6.81. The third-order valence-corrected chi connectivity index (χ3v) is 9.80. The molecule has 0 radical (unpaired) electrons. The van der Waals surface area contributed by atoms with E-state index in [1.165, 1.54) is 6.07 Å². The van der Waals surface area contributed by atoms with Crippen LogP contribution >= 0.6 is 0 Å². The summed E-state index contributed by atoms with van der Waals surface area (Å²) in [5, 5.41) is 11.8. The van der Waals surface area contributed by atoms with E-state index in [1.54, 1.807) is 7.11 Å². The minimum atomic E-state index is -0.326. The van der Waals surface area contributed by atoms with E-state index in [4.69, 9.17) is 26.3 Å². The molecule has 260 valence electrons. The molecule has 48 heavy (non-hydrogen) atoms. The molecule has 2 aromatic heterocycles. The van der Waals surface area contributed by atoms with Gasteiger partial charge in [0.25, 0.3) is 0 Å². The van der Waals surface area contributed by atoms with E-state index in [1.807, 2.05) is 30.3 Å². The number of H-pyrrole nitrogens is 2. The first-order valence-electron chi connectivity index (χ1n) is 17.4. The van der Waals surface area contributed by atoms with Crippen LogP contribution in [0, 0.1) is 17.7 Å². The van der Waals surface area contributed by atoms with Gasteiger partial charge in [-0.2, -0.15) is 5.48 Å². The van der Waals surface area contributed by atoms with Crippen LogP contribution in [-0.4, -0.2) is 57.4 Å². The minimum Gasteiger partial charge on any atom is -0.342 e. The summed E-state index contributed by atoms with van der Waals surface area (Å²) in [6.07, 6.45) is 5.04. The largest absolute Gasteiger partial charge is 0.342 e. The fourth-order valence-corrected chi connectivity index (χ4v) is 6.81. The number of aromatic amines is 2. The van der Waals surface area contributed by atoms with Crippen LogP contribution in [0.15, 0.2) is 42.5 Å². The molecule has 10 nitrogen and oxygen atoms in total. The van der Waals surface area contributed by atoms with Crippen molar-refractivity contribution in [3.8, 4) is 11.1 Å². The highest BCUT2D eigenvalue weighted by Gasteiger charge is 2.25. The Morgan fingerprint density at radius 3 is 2.10 bits per heavy atom. The third kappa shape index (κ3) is 8.05. The van der Waals surface area contributed by atoms with Crippen LogP contribution < -0.4 is 22.4 Å². The number of nitrogens with one attached hydrogen (secondary N) is 4. The monoisotopic (exact) mass is 660 g/mol. The second-order valence-corrected chi connectivity index (χ2v) is 13.9.